The van der Waals surface area contributed by atoms with E-state index < -0.39 is 0 Å². The average Bonchev–Trinajstić information content (AvgIpc) is 2.00. The number of ether oxygens (including phenoxy) is 1. The molecule has 0 saturated carbocycles. The van der Waals surface area contributed by atoms with Gasteiger partial charge in [0, 0.05) is 26.2 Å². The van der Waals surface area contributed by atoms with Crippen LogP contribution in [0.15, 0.2) is 0 Å². The smallest absolute Gasteiger partial charge is 0.0746 e. The van der Waals surface area contributed by atoms with Crippen molar-refractivity contribution < 1.29 is 4.74 Å². The SMILES string of the molecule is COC(C)(C)CNC(C)CN(C)C. The fraction of sp³-hybridized carbons (Fsp3) is 1.00. The molecule has 0 aliphatic carbocycles. The Morgan fingerprint density at radius 3 is 2.31 bits per heavy atom. The van der Waals surface area contributed by atoms with Gasteiger partial charge < -0.3 is 15.0 Å². The summed E-state index contributed by atoms with van der Waals surface area (Å²) in [7, 11) is 5.91. The molecule has 1 N–H and O–H groups in total. The molecule has 0 aliphatic rings. The summed E-state index contributed by atoms with van der Waals surface area (Å²) in [6.45, 7) is 8.30. The molecule has 0 heterocycles. The number of hydrogen-bond acceptors (Lipinski definition) is 3. The summed E-state index contributed by atoms with van der Waals surface area (Å²) in [5, 5.41) is 3.44. The highest BCUT2D eigenvalue weighted by molar-refractivity contribution is 4.74. The lowest BCUT2D eigenvalue weighted by Gasteiger charge is -2.26. The first-order valence-electron chi connectivity index (χ1n) is 4.80. The van der Waals surface area contributed by atoms with Gasteiger partial charge in [-0.05, 0) is 34.9 Å². The minimum atomic E-state index is -0.0689. The molecule has 3 nitrogen and oxygen atoms in total. The third kappa shape index (κ3) is 6.99. The Morgan fingerprint density at radius 2 is 1.92 bits per heavy atom. The van der Waals surface area contributed by atoms with Crippen LogP contribution in [0.5, 0.6) is 0 Å². The van der Waals surface area contributed by atoms with Crippen LogP contribution in [0.2, 0.25) is 0 Å². The maximum absolute atomic E-state index is 5.32. The van der Waals surface area contributed by atoms with E-state index in [0.717, 1.165) is 13.1 Å². The molecule has 0 rings (SSSR count). The van der Waals surface area contributed by atoms with Crippen molar-refractivity contribution in [2.45, 2.75) is 32.4 Å². The Balaban J connectivity index is 3.63. The molecule has 1 atom stereocenters. The summed E-state index contributed by atoms with van der Waals surface area (Å²) in [5.41, 5.74) is -0.0689. The number of rotatable bonds is 6. The van der Waals surface area contributed by atoms with Crippen LogP contribution in [0.3, 0.4) is 0 Å². The molecule has 0 amide bonds. The Bertz CT molecular complexity index is 135. The van der Waals surface area contributed by atoms with Crippen molar-refractivity contribution >= 4 is 0 Å². The molecule has 0 aromatic heterocycles. The topological polar surface area (TPSA) is 24.5 Å². The highest BCUT2D eigenvalue weighted by Gasteiger charge is 2.16. The van der Waals surface area contributed by atoms with Crippen LogP contribution >= 0.6 is 0 Å². The summed E-state index contributed by atoms with van der Waals surface area (Å²) < 4.78 is 5.32. The van der Waals surface area contributed by atoms with Crippen LogP contribution in [0.25, 0.3) is 0 Å². The van der Waals surface area contributed by atoms with Gasteiger partial charge in [0.05, 0.1) is 5.60 Å². The standard InChI is InChI=1S/C10H24N2O/c1-9(7-12(4)5)11-8-10(2,3)13-6/h9,11H,7-8H2,1-6H3. The number of likely N-dealkylation sites (N-methyl/N-ethyl adjacent to an activating group) is 1. The van der Waals surface area contributed by atoms with Crippen molar-refractivity contribution in [1.82, 2.24) is 10.2 Å². The monoisotopic (exact) mass is 188 g/mol. The molecule has 1 unspecified atom stereocenters. The van der Waals surface area contributed by atoms with Crippen molar-refractivity contribution in [2.75, 3.05) is 34.3 Å². The van der Waals surface area contributed by atoms with E-state index in [0.29, 0.717) is 6.04 Å². The second-order valence-electron chi connectivity index (χ2n) is 4.51. The van der Waals surface area contributed by atoms with Gasteiger partial charge in [-0.2, -0.15) is 0 Å². The van der Waals surface area contributed by atoms with Crippen LogP contribution < -0.4 is 5.32 Å². The summed E-state index contributed by atoms with van der Waals surface area (Å²) in [6.07, 6.45) is 0. The van der Waals surface area contributed by atoms with Crippen LogP contribution in [-0.2, 0) is 4.74 Å². The van der Waals surface area contributed by atoms with Crippen molar-refractivity contribution in [1.29, 1.82) is 0 Å². The zero-order chi connectivity index (χ0) is 10.5. The van der Waals surface area contributed by atoms with E-state index >= 15 is 0 Å². The van der Waals surface area contributed by atoms with Gasteiger partial charge in [0.2, 0.25) is 0 Å². The normalized spacial score (nSPS) is 15.0. The molecular formula is C10H24N2O. The molecule has 3 heteroatoms. The first-order valence-corrected chi connectivity index (χ1v) is 4.80. The van der Waals surface area contributed by atoms with Gasteiger partial charge >= 0.3 is 0 Å². The highest BCUT2D eigenvalue weighted by atomic mass is 16.5. The van der Waals surface area contributed by atoms with Crippen molar-refractivity contribution in [3.63, 3.8) is 0 Å². The quantitative estimate of drug-likeness (QED) is 0.671. The summed E-state index contributed by atoms with van der Waals surface area (Å²) in [4.78, 5) is 2.18. The predicted octanol–water partition coefficient (Wildman–Crippen LogP) is 0.951. The predicted molar refractivity (Wildman–Crippen MR) is 57.1 cm³/mol. The van der Waals surface area contributed by atoms with Crippen molar-refractivity contribution in [3.8, 4) is 0 Å². The summed E-state index contributed by atoms with van der Waals surface area (Å²) >= 11 is 0. The van der Waals surface area contributed by atoms with E-state index in [4.69, 9.17) is 4.74 Å². The lowest BCUT2D eigenvalue weighted by Crippen LogP contribution is -2.44. The summed E-state index contributed by atoms with van der Waals surface area (Å²) in [5.74, 6) is 0. The Hall–Kier alpha value is -0.120. The largest absolute Gasteiger partial charge is 0.377 e. The fourth-order valence-corrected chi connectivity index (χ4v) is 1.10. The molecule has 80 valence electrons. The molecule has 0 saturated heterocycles. The third-order valence-corrected chi connectivity index (χ3v) is 2.07. The fourth-order valence-electron chi connectivity index (χ4n) is 1.10. The Kier molecular flexibility index (Phi) is 5.53. The molecule has 0 aromatic carbocycles. The maximum Gasteiger partial charge on any atom is 0.0746 e. The lowest BCUT2D eigenvalue weighted by molar-refractivity contribution is 0.0209. The number of hydrogen-bond donors (Lipinski definition) is 1. The molecular weight excluding hydrogens is 164 g/mol. The minimum absolute atomic E-state index is 0.0689. The van der Waals surface area contributed by atoms with E-state index in [1.165, 1.54) is 0 Å². The minimum Gasteiger partial charge on any atom is -0.377 e. The van der Waals surface area contributed by atoms with Gasteiger partial charge in [-0.25, -0.2) is 0 Å². The van der Waals surface area contributed by atoms with E-state index in [1.807, 2.05) is 0 Å². The van der Waals surface area contributed by atoms with Crippen LogP contribution in [-0.4, -0.2) is 50.8 Å². The lowest BCUT2D eigenvalue weighted by atomic mass is 10.1. The second-order valence-corrected chi connectivity index (χ2v) is 4.51. The molecule has 13 heavy (non-hydrogen) atoms. The van der Waals surface area contributed by atoms with E-state index in [1.54, 1.807) is 7.11 Å². The molecule has 0 bridgehead atoms. The van der Waals surface area contributed by atoms with Gasteiger partial charge in [0.15, 0.2) is 0 Å². The molecule has 0 radical (unpaired) electrons. The Morgan fingerprint density at radius 1 is 1.38 bits per heavy atom. The molecule has 0 fully saturated rings. The van der Waals surface area contributed by atoms with Gasteiger partial charge in [0.25, 0.3) is 0 Å². The van der Waals surface area contributed by atoms with Gasteiger partial charge in [-0.3, -0.25) is 0 Å². The zero-order valence-electron chi connectivity index (χ0n) is 9.85. The number of nitrogens with zero attached hydrogens (tertiary/aromatic N) is 1. The number of methoxy groups -OCH3 is 1. The van der Waals surface area contributed by atoms with Crippen molar-refractivity contribution in [2.24, 2.45) is 0 Å². The average molecular weight is 188 g/mol. The van der Waals surface area contributed by atoms with Crippen LogP contribution in [0, 0.1) is 0 Å². The van der Waals surface area contributed by atoms with E-state index in [2.05, 4.69) is 45.1 Å². The van der Waals surface area contributed by atoms with Gasteiger partial charge in [-0.1, -0.05) is 0 Å². The van der Waals surface area contributed by atoms with E-state index in [9.17, 15) is 0 Å². The second kappa shape index (κ2) is 5.58. The van der Waals surface area contributed by atoms with Gasteiger partial charge in [0.1, 0.15) is 0 Å². The summed E-state index contributed by atoms with van der Waals surface area (Å²) in [6, 6.07) is 0.504. The first-order chi connectivity index (χ1) is 5.87. The molecule has 0 spiro atoms. The van der Waals surface area contributed by atoms with E-state index in [-0.39, 0.29) is 5.60 Å². The molecule has 0 aromatic rings. The van der Waals surface area contributed by atoms with Crippen LogP contribution in [0.1, 0.15) is 20.8 Å². The first kappa shape index (κ1) is 12.9. The molecule has 0 aliphatic heterocycles. The number of nitrogens with one attached hydrogen (secondary N) is 1. The van der Waals surface area contributed by atoms with Crippen LogP contribution in [0.4, 0.5) is 0 Å². The Labute approximate surface area is 82.4 Å². The van der Waals surface area contributed by atoms with Crippen molar-refractivity contribution in [3.05, 3.63) is 0 Å². The van der Waals surface area contributed by atoms with Gasteiger partial charge in [-0.15, -0.1) is 0 Å². The highest BCUT2D eigenvalue weighted by Crippen LogP contribution is 2.05. The maximum atomic E-state index is 5.32. The third-order valence-electron chi connectivity index (χ3n) is 2.07. The zero-order valence-corrected chi connectivity index (χ0v) is 9.85.